The molecule has 1 atom stereocenters. The van der Waals surface area contributed by atoms with Crippen LogP contribution in [-0.2, 0) is 0 Å². The molecule has 9 heteroatoms. The summed E-state index contributed by atoms with van der Waals surface area (Å²) in [6.07, 6.45) is 5.48. The Bertz CT molecular complexity index is 1330. The summed E-state index contributed by atoms with van der Waals surface area (Å²) < 4.78 is 16.6. The second kappa shape index (κ2) is 9.25. The van der Waals surface area contributed by atoms with Gasteiger partial charge in [-0.15, -0.1) is 0 Å². The molecular weight excluding hydrogens is 421 g/mol. The van der Waals surface area contributed by atoms with E-state index in [0.29, 0.717) is 11.4 Å². The number of nitrogens with zero attached hydrogens (tertiary/aromatic N) is 5. The maximum absolute atomic E-state index is 14.7. The molecule has 0 fully saturated rings. The third-order valence-electron chi connectivity index (χ3n) is 5.46. The average Bonchev–Trinajstić information content (AvgIpc) is 3.23. The van der Waals surface area contributed by atoms with Crippen LogP contribution in [0.1, 0.15) is 23.7 Å². The van der Waals surface area contributed by atoms with Crippen LogP contribution in [0.3, 0.4) is 0 Å². The summed E-state index contributed by atoms with van der Waals surface area (Å²) in [5.74, 6) is -1.03. The van der Waals surface area contributed by atoms with Gasteiger partial charge in [-0.1, -0.05) is 6.07 Å². The number of halogens is 1. The molecule has 0 saturated carbocycles. The first-order valence-corrected chi connectivity index (χ1v) is 10.4. The molecule has 0 aliphatic heterocycles. The zero-order valence-corrected chi connectivity index (χ0v) is 18.6. The molecular formula is C24H24FN7O. The summed E-state index contributed by atoms with van der Waals surface area (Å²) in [5, 5.41) is 11.0. The van der Waals surface area contributed by atoms with Crippen molar-refractivity contribution in [2.75, 3.05) is 19.4 Å². The summed E-state index contributed by atoms with van der Waals surface area (Å²) in [6.45, 7) is 1.91. The third kappa shape index (κ3) is 4.78. The van der Waals surface area contributed by atoms with E-state index in [0.717, 1.165) is 11.3 Å². The van der Waals surface area contributed by atoms with Crippen LogP contribution < -0.4 is 5.32 Å². The average molecular weight is 446 g/mol. The number of rotatable bonds is 8. The van der Waals surface area contributed by atoms with Crippen LogP contribution in [-0.4, -0.2) is 55.9 Å². The van der Waals surface area contributed by atoms with Crippen LogP contribution in [0.5, 0.6) is 0 Å². The number of anilines is 2. The van der Waals surface area contributed by atoms with Crippen molar-refractivity contribution >= 4 is 28.8 Å². The molecule has 4 aromatic rings. The Morgan fingerprint density at radius 1 is 1.21 bits per heavy atom. The molecule has 0 amide bonds. The van der Waals surface area contributed by atoms with Gasteiger partial charge in [0.1, 0.15) is 11.5 Å². The van der Waals surface area contributed by atoms with Gasteiger partial charge in [-0.3, -0.25) is 9.20 Å². The summed E-state index contributed by atoms with van der Waals surface area (Å²) in [6, 6.07) is 11.6. The van der Waals surface area contributed by atoms with Gasteiger partial charge < -0.3 is 15.6 Å². The SMILES string of the molecule is C[C@H](CC(=N)C(=O)c1ccc(Nc2nccc(-c3cnc4ccccn34)n2)cc1F)N(C)C. The van der Waals surface area contributed by atoms with Gasteiger partial charge in [-0.05, 0) is 57.4 Å². The van der Waals surface area contributed by atoms with Crippen molar-refractivity contribution in [2.24, 2.45) is 0 Å². The van der Waals surface area contributed by atoms with Crippen LogP contribution in [0.2, 0.25) is 0 Å². The van der Waals surface area contributed by atoms with Crippen molar-refractivity contribution in [3.63, 3.8) is 0 Å². The predicted octanol–water partition coefficient (Wildman–Crippen LogP) is 4.22. The van der Waals surface area contributed by atoms with Crippen molar-refractivity contribution in [1.82, 2.24) is 24.3 Å². The molecule has 1 aromatic carbocycles. The molecule has 3 aromatic heterocycles. The van der Waals surface area contributed by atoms with Crippen LogP contribution in [0.4, 0.5) is 16.0 Å². The van der Waals surface area contributed by atoms with E-state index in [1.54, 1.807) is 24.5 Å². The molecule has 0 bridgehead atoms. The lowest BCUT2D eigenvalue weighted by atomic mass is 10.0. The van der Waals surface area contributed by atoms with Gasteiger partial charge in [-0.25, -0.2) is 19.3 Å². The number of aromatic nitrogens is 4. The Balaban J connectivity index is 1.52. The van der Waals surface area contributed by atoms with E-state index in [4.69, 9.17) is 5.41 Å². The summed E-state index contributed by atoms with van der Waals surface area (Å²) in [4.78, 5) is 27.5. The fourth-order valence-corrected chi connectivity index (χ4v) is 3.32. The molecule has 3 heterocycles. The van der Waals surface area contributed by atoms with Gasteiger partial charge in [0.05, 0.1) is 28.9 Å². The summed E-state index contributed by atoms with van der Waals surface area (Å²) >= 11 is 0. The molecule has 0 aliphatic carbocycles. The predicted molar refractivity (Wildman–Crippen MR) is 126 cm³/mol. The number of hydrogen-bond donors (Lipinski definition) is 2. The second-order valence-electron chi connectivity index (χ2n) is 7.98. The first-order chi connectivity index (χ1) is 15.8. The minimum absolute atomic E-state index is 0.00258. The Hall–Kier alpha value is -3.98. The van der Waals surface area contributed by atoms with Crippen LogP contribution >= 0.6 is 0 Å². The highest BCUT2D eigenvalue weighted by molar-refractivity contribution is 6.45. The molecule has 0 spiro atoms. The highest BCUT2D eigenvalue weighted by Crippen LogP contribution is 2.22. The van der Waals surface area contributed by atoms with E-state index >= 15 is 0 Å². The number of imidazole rings is 1. The Morgan fingerprint density at radius 3 is 2.79 bits per heavy atom. The second-order valence-corrected chi connectivity index (χ2v) is 7.98. The monoisotopic (exact) mass is 445 g/mol. The topological polar surface area (TPSA) is 99.3 Å². The van der Waals surface area contributed by atoms with Crippen molar-refractivity contribution in [3.8, 4) is 11.4 Å². The first-order valence-electron chi connectivity index (χ1n) is 10.4. The highest BCUT2D eigenvalue weighted by Gasteiger charge is 2.20. The zero-order valence-electron chi connectivity index (χ0n) is 18.6. The number of pyridine rings is 1. The maximum Gasteiger partial charge on any atom is 0.227 e. The third-order valence-corrected chi connectivity index (χ3v) is 5.46. The Labute approximate surface area is 190 Å². The number of nitrogens with one attached hydrogen (secondary N) is 2. The lowest BCUT2D eigenvalue weighted by molar-refractivity contribution is 0.105. The van der Waals surface area contributed by atoms with Gasteiger partial charge in [0, 0.05) is 30.5 Å². The number of hydrogen-bond acceptors (Lipinski definition) is 7. The Morgan fingerprint density at radius 2 is 2.03 bits per heavy atom. The number of benzene rings is 1. The van der Waals surface area contributed by atoms with Crippen molar-refractivity contribution in [2.45, 2.75) is 19.4 Å². The zero-order chi connectivity index (χ0) is 23.5. The van der Waals surface area contributed by atoms with Crippen LogP contribution in [0.15, 0.2) is 61.1 Å². The number of Topliss-reactive ketones (excluding diaryl/α,β-unsaturated/α-hetero) is 1. The number of carbonyl (C=O) groups excluding carboxylic acids is 1. The summed E-state index contributed by atoms with van der Waals surface area (Å²) in [7, 11) is 3.74. The van der Waals surface area contributed by atoms with E-state index in [9.17, 15) is 9.18 Å². The molecule has 168 valence electrons. The molecule has 0 aliphatic rings. The van der Waals surface area contributed by atoms with Gasteiger partial charge in [0.25, 0.3) is 0 Å². The first kappa shape index (κ1) is 22.2. The number of ketones is 1. The van der Waals surface area contributed by atoms with Crippen LogP contribution in [0, 0.1) is 11.2 Å². The summed E-state index contributed by atoms with van der Waals surface area (Å²) in [5.41, 5.74) is 2.40. The largest absolute Gasteiger partial charge is 0.324 e. The van der Waals surface area contributed by atoms with Crippen molar-refractivity contribution < 1.29 is 9.18 Å². The van der Waals surface area contributed by atoms with Crippen molar-refractivity contribution in [1.29, 1.82) is 5.41 Å². The van der Waals surface area contributed by atoms with E-state index in [2.05, 4.69) is 20.3 Å². The van der Waals surface area contributed by atoms with Crippen molar-refractivity contribution in [3.05, 3.63) is 72.4 Å². The lowest BCUT2D eigenvalue weighted by Gasteiger charge is -2.19. The van der Waals surface area contributed by atoms with Gasteiger partial charge >= 0.3 is 0 Å². The van der Waals surface area contributed by atoms with E-state index in [1.807, 2.05) is 54.7 Å². The standard InChI is InChI=1S/C24H24FN7O/c1-15(31(2)3)12-19(26)23(33)17-8-7-16(13-18(17)25)29-24-27-10-9-20(30-24)21-14-28-22-6-4-5-11-32(21)22/h4-11,13-15,26H,12H2,1-3H3,(H,27,29,30)/t15-/m1/s1. The molecule has 8 nitrogen and oxygen atoms in total. The van der Waals surface area contributed by atoms with Gasteiger partial charge in [0.2, 0.25) is 11.7 Å². The fourth-order valence-electron chi connectivity index (χ4n) is 3.32. The number of carbonyl (C=O) groups is 1. The fraction of sp³-hybridized carbons (Fsp3) is 0.208. The molecule has 33 heavy (non-hydrogen) atoms. The minimum Gasteiger partial charge on any atom is -0.324 e. The molecule has 0 radical (unpaired) electrons. The lowest BCUT2D eigenvalue weighted by Crippen LogP contribution is -2.29. The number of fused-ring (bicyclic) bond motifs is 1. The highest BCUT2D eigenvalue weighted by atomic mass is 19.1. The Kier molecular flexibility index (Phi) is 6.23. The van der Waals surface area contributed by atoms with E-state index in [1.165, 1.54) is 12.1 Å². The van der Waals surface area contributed by atoms with Crippen LogP contribution in [0.25, 0.3) is 17.0 Å². The normalized spacial score (nSPS) is 12.2. The minimum atomic E-state index is -0.704. The van der Waals surface area contributed by atoms with E-state index < -0.39 is 11.6 Å². The molecule has 4 rings (SSSR count). The quantitative estimate of drug-likeness (QED) is 0.311. The maximum atomic E-state index is 14.7. The molecule has 0 saturated heterocycles. The molecule has 2 N–H and O–H groups in total. The van der Waals surface area contributed by atoms with Gasteiger partial charge in [0.15, 0.2) is 0 Å². The van der Waals surface area contributed by atoms with E-state index in [-0.39, 0.29) is 29.7 Å². The smallest absolute Gasteiger partial charge is 0.227 e. The van der Waals surface area contributed by atoms with Gasteiger partial charge in [-0.2, -0.15) is 0 Å². The molecule has 0 unspecified atom stereocenters.